The third-order valence-electron chi connectivity index (χ3n) is 0.735. The molecule has 0 aromatic heterocycles. The maximum atomic E-state index is 3.93. The van der Waals surface area contributed by atoms with E-state index in [2.05, 4.69) is 12.2 Å². The summed E-state index contributed by atoms with van der Waals surface area (Å²) in [5, 5.41) is 3.93. The number of hydrogen-bond acceptors (Lipinski definition) is 0. The van der Waals surface area contributed by atoms with Crippen LogP contribution in [0, 0.1) is 0 Å². The molecule has 0 bridgehead atoms. The van der Waals surface area contributed by atoms with Gasteiger partial charge in [0, 0.05) is 0 Å². The van der Waals surface area contributed by atoms with E-state index in [0.29, 0.717) is 0 Å². The van der Waals surface area contributed by atoms with Gasteiger partial charge in [-0.25, -0.2) is 0 Å². The zero-order valence-corrected chi connectivity index (χ0v) is 10.5. The zero-order valence-electron chi connectivity index (χ0n) is 5.57. The summed E-state index contributed by atoms with van der Waals surface area (Å²) < 4.78 is 0. The van der Waals surface area contributed by atoms with Crippen LogP contribution in [0.2, 0.25) is 0 Å². The summed E-state index contributed by atoms with van der Waals surface area (Å²) in [7, 11) is 1.86. The molecule has 2 heteroatoms. The van der Waals surface area contributed by atoms with Gasteiger partial charge in [-0.3, -0.25) is 0 Å². The fourth-order valence-corrected chi connectivity index (χ4v) is 0.316. The van der Waals surface area contributed by atoms with Crippen molar-refractivity contribution in [2.24, 2.45) is 0 Å². The van der Waals surface area contributed by atoms with Gasteiger partial charge in [-0.1, -0.05) is 19.8 Å². The van der Waals surface area contributed by atoms with Gasteiger partial charge >= 0.3 is 58.2 Å². The monoisotopic (exact) mass is 171 g/mol. The molecular weight excluding hydrogens is 160 g/mol. The molecule has 0 saturated carbocycles. The van der Waals surface area contributed by atoms with E-state index in [1.54, 1.807) is 0 Å². The minimum atomic E-state index is 0. The molecule has 0 saturated heterocycles. The van der Waals surface area contributed by atoms with Crippen molar-refractivity contribution in [2.45, 2.75) is 19.8 Å². The molecule has 0 rings (SSSR count). The van der Waals surface area contributed by atoms with Crippen molar-refractivity contribution in [2.75, 3.05) is 13.6 Å². The fraction of sp³-hybridized carbons (Fsp3) is 1.00. The molecule has 0 aliphatic heterocycles. The predicted molar refractivity (Wildman–Crippen MR) is 29.1 cm³/mol. The van der Waals surface area contributed by atoms with Crippen LogP contribution in [-0.2, 0) is 0 Å². The van der Waals surface area contributed by atoms with Crippen LogP contribution in [0.25, 0.3) is 5.32 Å². The van der Waals surface area contributed by atoms with E-state index in [0.717, 1.165) is 6.54 Å². The van der Waals surface area contributed by atoms with Crippen molar-refractivity contribution in [3.63, 3.8) is 0 Å². The second-order valence-corrected chi connectivity index (χ2v) is 1.39. The molecule has 0 atom stereocenters. The Labute approximate surface area is 95.0 Å². The fourth-order valence-electron chi connectivity index (χ4n) is 0.316. The van der Waals surface area contributed by atoms with Crippen LogP contribution in [0.15, 0.2) is 0 Å². The Morgan fingerprint density at radius 2 is 2.00 bits per heavy atom. The molecule has 0 radical (unpaired) electrons. The van der Waals surface area contributed by atoms with Gasteiger partial charge in [0.2, 0.25) is 0 Å². The van der Waals surface area contributed by atoms with Crippen molar-refractivity contribution in [1.29, 1.82) is 0 Å². The molecule has 1 nitrogen and oxygen atoms in total. The Balaban J connectivity index is 0. The summed E-state index contributed by atoms with van der Waals surface area (Å²) in [5.74, 6) is 0. The average Bonchev–Trinajstić information content (AvgIpc) is 1.61. The van der Waals surface area contributed by atoms with Gasteiger partial charge in [-0.2, -0.15) is 7.05 Å². The molecular formula is C5H12NRb. The topological polar surface area (TPSA) is 14.1 Å². The molecule has 0 fully saturated rings. The molecule has 0 N–H and O–H groups in total. The third-order valence-corrected chi connectivity index (χ3v) is 0.735. The summed E-state index contributed by atoms with van der Waals surface area (Å²) in [6.45, 7) is 3.21. The number of unbranched alkanes of at least 4 members (excludes halogenated alkanes) is 1. The number of nitrogens with zero attached hydrogens (tertiary/aromatic N) is 1. The second-order valence-electron chi connectivity index (χ2n) is 1.39. The van der Waals surface area contributed by atoms with Crippen molar-refractivity contribution < 1.29 is 58.2 Å². The molecule has 38 valence electrons. The van der Waals surface area contributed by atoms with Crippen molar-refractivity contribution in [1.82, 2.24) is 0 Å². The predicted octanol–water partition coefficient (Wildman–Crippen LogP) is -1.21. The van der Waals surface area contributed by atoms with Crippen LogP contribution in [0.5, 0.6) is 0 Å². The van der Waals surface area contributed by atoms with Gasteiger partial charge in [0.1, 0.15) is 0 Å². The van der Waals surface area contributed by atoms with E-state index in [4.69, 9.17) is 0 Å². The largest absolute Gasteiger partial charge is 1.00 e. The van der Waals surface area contributed by atoms with E-state index in [9.17, 15) is 0 Å². The maximum Gasteiger partial charge on any atom is 1.00 e. The maximum absolute atomic E-state index is 3.93. The zero-order chi connectivity index (χ0) is 4.83. The smallest absolute Gasteiger partial charge is 0.665 e. The second kappa shape index (κ2) is 10.7. The van der Waals surface area contributed by atoms with Crippen molar-refractivity contribution in [3.05, 3.63) is 5.32 Å². The molecule has 0 aliphatic carbocycles. The SMILES string of the molecule is CCCC[N-]C.[Rb+]. The Morgan fingerprint density at radius 1 is 1.43 bits per heavy atom. The van der Waals surface area contributed by atoms with Gasteiger partial charge in [-0.05, 0) is 0 Å². The van der Waals surface area contributed by atoms with Crippen LogP contribution in [0.4, 0.5) is 0 Å². The van der Waals surface area contributed by atoms with Gasteiger partial charge in [0.25, 0.3) is 0 Å². The van der Waals surface area contributed by atoms with Gasteiger partial charge in [0.15, 0.2) is 0 Å². The van der Waals surface area contributed by atoms with Gasteiger partial charge in [0.05, 0.1) is 0 Å². The average molecular weight is 172 g/mol. The van der Waals surface area contributed by atoms with Crippen molar-refractivity contribution >= 4 is 0 Å². The first-order valence-electron chi connectivity index (χ1n) is 2.47. The Hall–Kier alpha value is 1.77. The molecule has 0 aromatic carbocycles. The Bertz CT molecular complexity index is 20.0. The molecule has 0 unspecified atom stereocenters. The van der Waals surface area contributed by atoms with Crippen molar-refractivity contribution in [3.8, 4) is 0 Å². The minimum absolute atomic E-state index is 0. The minimum Gasteiger partial charge on any atom is -0.665 e. The molecule has 0 aliphatic rings. The number of hydrogen-bond donors (Lipinski definition) is 0. The van der Waals surface area contributed by atoms with Crippen LogP contribution in [0.3, 0.4) is 0 Å². The Kier molecular flexibility index (Phi) is 17.6. The molecule has 0 heterocycles. The van der Waals surface area contributed by atoms with E-state index >= 15 is 0 Å². The first-order chi connectivity index (χ1) is 2.91. The quantitative estimate of drug-likeness (QED) is 0.474. The summed E-state index contributed by atoms with van der Waals surface area (Å²) >= 11 is 0. The van der Waals surface area contributed by atoms with Crippen LogP contribution < -0.4 is 58.2 Å². The van der Waals surface area contributed by atoms with Gasteiger partial charge in [-0.15, -0.1) is 6.54 Å². The summed E-state index contributed by atoms with van der Waals surface area (Å²) in [5.41, 5.74) is 0. The first-order valence-corrected chi connectivity index (χ1v) is 2.47. The van der Waals surface area contributed by atoms with E-state index in [1.165, 1.54) is 12.8 Å². The van der Waals surface area contributed by atoms with Crippen LogP contribution in [0.1, 0.15) is 19.8 Å². The van der Waals surface area contributed by atoms with Crippen LogP contribution >= 0.6 is 0 Å². The summed E-state index contributed by atoms with van der Waals surface area (Å²) in [6.07, 6.45) is 2.51. The number of rotatable bonds is 3. The third kappa shape index (κ3) is 11.4. The summed E-state index contributed by atoms with van der Waals surface area (Å²) in [6, 6.07) is 0. The van der Waals surface area contributed by atoms with Gasteiger partial charge < -0.3 is 5.32 Å². The molecule has 0 amide bonds. The van der Waals surface area contributed by atoms with E-state index < -0.39 is 0 Å². The molecule has 0 spiro atoms. The summed E-state index contributed by atoms with van der Waals surface area (Å²) in [4.78, 5) is 0. The normalized spacial score (nSPS) is 7.71. The molecule has 7 heavy (non-hydrogen) atoms. The molecule has 0 aromatic rings. The Morgan fingerprint density at radius 3 is 2.14 bits per heavy atom. The van der Waals surface area contributed by atoms with E-state index in [-0.39, 0.29) is 58.2 Å². The standard InChI is InChI=1S/C5H12N.Rb/c1-3-4-5-6-2;/h3-5H2,1-2H3;/q-1;+1. The van der Waals surface area contributed by atoms with Crippen LogP contribution in [-0.4, -0.2) is 13.6 Å². The first kappa shape index (κ1) is 11.5. The van der Waals surface area contributed by atoms with E-state index in [1.807, 2.05) is 7.05 Å².